The van der Waals surface area contributed by atoms with Gasteiger partial charge in [-0.2, -0.15) is 0 Å². The summed E-state index contributed by atoms with van der Waals surface area (Å²) >= 11 is 0. The zero-order chi connectivity index (χ0) is 17.2. The molecule has 0 aromatic heterocycles. The number of amides is 2. The Hall–Kier alpha value is -1.60. The van der Waals surface area contributed by atoms with E-state index in [-0.39, 0.29) is 11.8 Å². The molecule has 2 heterocycles. The molecule has 0 aliphatic carbocycles. The molecule has 2 aliphatic rings. The molecule has 7 heteroatoms. The Bertz CT molecular complexity index is 697. The second-order valence-corrected chi connectivity index (χ2v) is 8.67. The lowest BCUT2D eigenvalue weighted by Crippen LogP contribution is -2.42. The molecule has 0 bridgehead atoms. The number of nitrogens with one attached hydrogen (secondary N) is 1. The van der Waals surface area contributed by atoms with Crippen molar-refractivity contribution in [3.05, 3.63) is 35.4 Å². The van der Waals surface area contributed by atoms with Gasteiger partial charge in [0, 0.05) is 32.7 Å². The van der Waals surface area contributed by atoms with Crippen LogP contribution < -0.4 is 5.32 Å². The molecular weight excluding hydrogens is 326 g/mol. The lowest BCUT2D eigenvalue weighted by Gasteiger charge is -2.33. The first-order chi connectivity index (χ1) is 11.5. The molecule has 0 radical (unpaired) electrons. The van der Waals surface area contributed by atoms with Crippen LogP contribution in [0.25, 0.3) is 0 Å². The summed E-state index contributed by atoms with van der Waals surface area (Å²) in [6.45, 7) is 5.24. The number of nitrogens with zero attached hydrogens (tertiary/aromatic N) is 2. The van der Waals surface area contributed by atoms with Crippen LogP contribution in [-0.4, -0.2) is 56.4 Å². The highest BCUT2D eigenvalue weighted by atomic mass is 32.2. The van der Waals surface area contributed by atoms with Gasteiger partial charge in [0.05, 0.1) is 5.75 Å². The Morgan fingerprint density at radius 3 is 2.50 bits per heavy atom. The molecule has 2 fully saturated rings. The topological polar surface area (TPSA) is 69.7 Å². The van der Waals surface area contributed by atoms with Crippen molar-refractivity contribution in [3.63, 3.8) is 0 Å². The Morgan fingerprint density at radius 1 is 1.17 bits per heavy atom. The zero-order valence-electron chi connectivity index (χ0n) is 14.1. The summed E-state index contributed by atoms with van der Waals surface area (Å²) in [5, 5.41) is 2.81. The van der Waals surface area contributed by atoms with E-state index in [0.29, 0.717) is 25.6 Å². The van der Waals surface area contributed by atoms with Crippen LogP contribution in [0.5, 0.6) is 0 Å². The predicted octanol–water partition coefficient (Wildman–Crippen LogP) is 1.56. The number of benzene rings is 1. The molecule has 2 amide bonds. The van der Waals surface area contributed by atoms with Crippen LogP contribution in [0.3, 0.4) is 0 Å². The minimum absolute atomic E-state index is 0.00426. The fourth-order valence-electron chi connectivity index (χ4n) is 3.43. The fourth-order valence-corrected chi connectivity index (χ4v) is 5.09. The normalized spacial score (nSPS) is 20.4. The molecule has 0 saturated carbocycles. The Morgan fingerprint density at radius 2 is 1.88 bits per heavy atom. The number of rotatable bonds is 5. The van der Waals surface area contributed by atoms with Crippen LogP contribution in [0, 0.1) is 12.8 Å². The van der Waals surface area contributed by atoms with Gasteiger partial charge in [0.25, 0.3) is 0 Å². The highest BCUT2D eigenvalue weighted by molar-refractivity contribution is 7.88. The van der Waals surface area contributed by atoms with Gasteiger partial charge in [-0.05, 0) is 36.8 Å². The van der Waals surface area contributed by atoms with E-state index in [1.165, 1.54) is 0 Å². The number of carbonyl (C=O) groups is 1. The first-order valence-corrected chi connectivity index (χ1v) is 10.1. The summed E-state index contributed by atoms with van der Waals surface area (Å²) in [4.78, 5) is 13.5. The zero-order valence-corrected chi connectivity index (χ0v) is 14.9. The third-order valence-corrected chi connectivity index (χ3v) is 6.82. The third-order valence-electron chi connectivity index (χ3n) is 4.99. The van der Waals surface area contributed by atoms with E-state index in [0.717, 1.165) is 37.1 Å². The molecule has 6 nitrogen and oxygen atoms in total. The van der Waals surface area contributed by atoms with Crippen LogP contribution >= 0.6 is 0 Å². The van der Waals surface area contributed by atoms with Crippen LogP contribution in [0.15, 0.2) is 24.3 Å². The number of urea groups is 1. The molecule has 1 aromatic rings. The lowest BCUT2D eigenvalue weighted by atomic mass is 9.98. The standard InChI is InChI=1S/C17H25N3O3S/c1-14-4-2-3-5-16(14)13-24(22,23)20-9-6-15(7-10-20)12-19-11-8-18-17(19)21/h2-5,15H,6-13H2,1H3,(H,18,21). The van der Waals surface area contributed by atoms with Crippen molar-refractivity contribution in [2.45, 2.75) is 25.5 Å². The van der Waals surface area contributed by atoms with Crippen molar-refractivity contribution in [3.8, 4) is 0 Å². The third kappa shape index (κ3) is 3.89. The summed E-state index contributed by atoms with van der Waals surface area (Å²) in [5.41, 5.74) is 1.88. The summed E-state index contributed by atoms with van der Waals surface area (Å²) in [5.74, 6) is 0.456. The van der Waals surface area contributed by atoms with E-state index in [2.05, 4.69) is 5.32 Å². The number of hydrogen-bond acceptors (Lipinski definition) is 3. The van der Waals surface area contributed by atoms with Gasteiger partial charge in [0.15, 0.2) is 0 Å². The van der Waals surface area contributed by atoms with Gasteiger partial charge < -0.3 is 10.2 Å². The predicted molar refractivity (Wildman–Crippen MR) is 93.1 cm³/mol. The summed E-state index contributed by atoms with van der Waals surface area (Å²) in [6.07, 6.45) is 1.63. The number of aryl methyl sites for hydroxylation is 1. The molecule has 0 spiro atoms. The number of hydrogen-bond donors (Lipinski definition) is 1. The lowest BCUT2D eigenvalue weighted by molar-refractivity contribution is 0.190. The van der Waals surface area contributed by atoms with Crippen molar-refractivity contribution in [1.29, 1.82) is 0 Å². The van der Waals surface area contributed by atoms with E-state index < -0.39 is 10.0 Å². The summed E-state index contributed by atoms with van der Waals surface area (Å²) in [6, 6.07) is 7.63. The van der Waals surface area contributed by atoms with Crippen LogP contribution in [0.2, 0.25) is 0 Å². The van der Waals surface area contributed by atoms with Crippen molar-refractivity contribution >= 4 is 16.1 Å². The largest absolute Gasteiger partial charge is 0.336 e. The van der Waals surface area contributed by atoms with Gasteiger partial charge in [-0.25, -0.2) is 17.5 Å². The SMILES string of the molecule is Cc1ccccc1CS(=O)(=O)N1CCC(CN2CCNC2=O)CC1. The second-order valence-electron chi connectivity index (χ2n) is 6.70. The first-order valence-electron chi connectivity index (χ1n) is 8.51. The highest BCUT2D eigenvalue weighted by Gasteiger charge is 2.30. The van der Waals surface area contributed by atoms with Gasteiger partial charge in [0.1, 0.15) is 0 Å². The Balaban J connectivity index is 1.55. The average Bonchev–Trinajstić information content (AvgIpc) is 2.95. The van der Waals surface area contributed by atoms with Gasteiger partial charge in [0.2, 0.25) is 10.0 Å². The van der Waals surface area contributed by atoms with E-state index in [1.54, 1.807) is 4.31 Å². The van der Waals surface area contributed by atoms with Crippen LogP contribution in [-0.2, 0) is 15.8 Å². The van der Waals surface area contributed by atoms with Crippen molar-refractivity contribution in [2.75, 3.05) is 32.7 Å². The molecule has 132 valence electrons. The van der Waals surface area contributed by atoms with Crippen LogP contribution in [0.4, 0.5) is 4.79 Å². The molecule has 3 rings (SSSR count). The Labute approximate surface area is 143 Å². The first kappa shape index (κ1) is 17.2. The maximum absolute atomic E-state index is 12.7. The molecule has 0 unspecified atom stereocenters. The molecule has 0 atom stereocenters. The maximum atomic E-state index is 12.7. The van der Waals surface area contributed by atoms with E-state index in [4.69, 9.17) is 0 Å². The molecular formula is C17H25N3O3S. The quantitative estimate of drug-likeness (QED) is 0.875. The van der Waals surface area contributed by atoms with Gasteiger partial charge in [-0.15, -0.1) is 0 Å². The molecule has 2 aliphatic heterocycles. The van der Waals surface area contributed by atoms with Crippen molar-refractivity contribution in [1.82, 2.24) is 14.5 Å². The monoisotopic (exact) mass is 351 g/mol. The molecule has 1 aromatic carbocycles. The molecule has 24 heavy (non-hydrogen) atoms. The Kier molecular flexibility index (Phi) is 5.10. The minimum Gasteiger partial charge on any atom is -0.336 e. The average molecular weight is 351 g/mol. The van der Waals surface area contributed by atoms with Gasteiger partial charge in [-0.1, -0.05) is 24.3 Å². The highest BCUT2D eigenvalue weighted by Crippen LogP contribution is 2.23. The number of carbonyl (C=O) groups excluding carboxylic acids is 1. The smallest absolute Gasteiger partial charge is 0.317 e. The number of sulfonamides is 1. The van der Waals surface area contributed by atoms with E-state index in [9.17, 15) is 13.2 Å². The molecule has 2 saturated heterocycles. The van der Waals surface area contributed by atoms with Crippen LogP contribution in [0.1, 0.15) is 24.0 Å². The van der Waals surface area contributed by atoms with Gasteiger partial charge >= 0.3 is 6.03 Å². The van der Waals surface area contributed by atoms with E-state index >= 15 is 0 Å². The number of piperidine rings is 1. The van der Waals surface area contributed by atoms with Gasteiger partial charge in [-0.3, -0.25) is 0 Å². The fraction of sp³-hybridized carbons (Fsp3) is 0.588. The molecule has 1 N–H and O–H groups in total. The van der Waals surface area contributed by atoms with Crippen molar-refractivity contribution < 1.29 is 13.2 Å². The van der Waals surface area contributed by atoms with E-state index in [1.807, 2.05) is 36.1 Å². The minimum atomic E-state index is -3.28. The summed E-state index contributed by atoms with van der Waals surface area (Å²) < 4.78 is 26.9. The summed E-state index contributed by atoms with van der Waals surface area (Å²) in [7, 11) is -3.28. The second kappa shape index (κ2) is 7.11. The maximum Gasteiger partial charge on any atom is 0.317 e. The van der Waals surface area contributed by atoms with Crippen molar-refractivity contribution in [2.24, 2.45) is 5.92 Å².